The summed E-state index contributed by atoms with van der Waals surface area (Å²) in [5, 5.41) is 0.223. The van der Waals surface area contributed by atoms with Gasteiger partial charge in [-0.2, -0.15) is 13.2 Å². The molecule has 0 aliphatic rings. The van der Waals surface area contributed by atoms with Gasteiger partial charge in [-0.15, -0.1) is 0 Å². The van der Waals surface area contributed by atoms with Crippen LogP contribution in [0.3, 0.4) is 0 Å². The van der Waals surface area contributed by atoms with Gasteiger partial charge in [-0.05, 0) is 19.1 Å². The summed E-state index contributed by atoms with van der Waals surface area (Å²) in [6, 6.07) is 2.29. The van der Waals surface area contributed by atoms with Crippen molar-refractivity contribution in [2.45, 2.75) is 19.6 Å². The molecule has 21 heavy (non-hydrogen) atoms. The number of fused-ring (bicyclic) bond motifs is 1. The highest BCUT2D eigenvalue weighted by atomic mass is 19.4. The number of aromatic nitrogens is 2. The number of carbonyl (C=O) groups is 1. The van der Waals surface area contributed by atoms with Gasteiger partial charge in [0.25, 0.3) is 0 Å². The van der Waals surface area contributed by atoms with Crippen LogP contribution < -0.4 is 5.73 Å². The molecule has 0 radical (unpaired) electrons. The SMILES string of the molecule is CCOC(=O)c1cc2cc(C(F)(F)F)cnc2n1CCN. The van der Waals surface area contributed by atoms with E-state index in [2.05, 4.69) is 4.98 Å². The first kappa shape index (κ1) is 15.3. The van der Waals surface area contributed by atoms with Gasteiger partial charge in [0.2, 0.25) is 0 Å². The molecule has 0 fully saturated rings. The first-order valence-corrected chi connectivity index (χ1v) is 6.32. The normalized spacial score (nSPS) is 11.9. The van der Waals surface area contributed by atoms with Gasteiger partial charge in [-0.25, -0.2) is 9.78 Å². The Morgan fingerprint density at radius 1 is 1.43 bits per heavy atom. The molecule has 114 valence electrons. The first-order chi connectivity index (χ1) is 9.88. The molecule has 0 aromatic carbocycles. The molecule has 0 saturated carbocycles. The van der Waals surface area contributed by atoms with Crippen LogP contribution in [0.4, 0.5) is 13.2 Å². The van der Waals surface area contributed by atoms with Crippen molar-refractivity contribution in [3.8, 4) is 0 Å². The Kier molecular flexibility index (Phi) is 4.17. The number of nitrogens with zero attached hydrogens (tertiary/aromatic N) is 2. The number of hydrogen-bond donors (Lipinski definition) is 1. The van der Waals surface area contributed by atoms with E-state index in [1.807, 2.05) is 0 Å². The second-order valence-electron chi connectivity index (χ2n) is 4.32. The van der Waals surface area contributed by atoms with E-state index in [1.54, 1.807) is 6.92 Å². The number of rotatable bonds is 4. The average molecular weight is 301 g/mol. The minimum atomic E-state index is -4.48. The lowest BCUT2D eigenvalue weighted by atomic mass is 10.2. The third-order valence-corrected chi connectivity index (χ3v) is 2.90. The third-order valence-electron chi connectivity index (χ3n) is 2.90. The topological polar surface area (TPSA) is 70.1 Å². The van der Waals surface area contributed by atoms with Crippen molar-refractivity contribution in [2.24, 2.45) is 5.73 Å². The van der Waals surface area contributed by atoms with E-state index in [0.717, 1.165) is 12.3 Å². The number of halogens is 3. The van der Waals surface area contributed by atoms with E-state index in [0.29, 0.717) is 0 Å². The Morgan fingerprint density at radius 3 is 2.71 bits per heavy atom. The fourth-order valence-electron chi connectivity index (χ4n) is 2.03. The summed E-state index contributed by atoms with van der Waals surface area (Å²) >= 11 is 0. The molecule has 0 aliphatic carbocycles. The molecule has 0 saturated heterocycles. The van der Waals surface area contributed by atoms with E-state index < -0.39 is 17.7 Å². The number of esters is 1. The fourth-order valence-corrected chi connectivity index (χ4v) is 2.03. The number of pyridine rings is 1. The summed E-state index contributed by atoms with van der Waals surface area (Å²) in [5.74, 6) is -0.613. The van der Waals surface area contributed by atoms with Crippen LogP contribution in [0.1, 0.15) is 23.0 Å². The molecule has 2 N–H and O–H groups in total. The molecule has 0 bridgehead atoms. The third kappa shape index (κ3) is 2.99. The maximum absolute atomic E-state index is 12.7. The van der Waals surface area contributed by atoms with Gasteiger partial charge in [0, 0.05) is 24.7 Å². The number of alkyl halides is 3. The molecule has 0 unspecified atom stereocenters. The Morgan fingerprint density at radius 2 is 2.14 bits per heavy atom. The van der Waals surface area contributed by atoms with E-state index in [9.17, 15) is 18.0 Å². The van der Waals surface area contributed by atoms with Crippen molar-refractivity contribution in [3.05, 3.63) is 29.6 Å². The van der Waals surface area contributed by atoms with Crippen LogP contribution >= 0.6 is 0 Å². The Bertz CT molecular complexity index is 664. The molecule has 0 atom stereocenters. The molecule has 8 heteroatoms. The summed E-state index contributed by atoms with van der Waals surface area (Å²) in [4.78, 5) is 15.7. The standard InChI is InChI=1S/C13H14F3N3O2/c1-2-21-12(20)10-6-8-5-9(13(14,15)16)7-18-11(8)19(10)4-3-17/h5-7H,2-4,17H2,1H3. The van der Waals surface area contributed by atoms with Gasteiger partial charge in [0.1, 0.15) is 11.3 Å². The second-order valence-corrected chi connectivity index (χ2v) is 4.32. The minimum Gasteiger partial charge on any atom is -0.461 e. The number of ether oxygens (including phenoxy) is 1. The van der Waals surface area contributed by atoms with Crippen LogP contribution in [0.25, 0.3) is 11.0 Å². The maximum Gasteiger partial charge on any atom is 0.417 e. The molecule has 0 amide bonds. The van der Waals surface area contributed by atoms with Crippen LogP contribution in [-0.4, -0.2) is 28.7 Å². The van der Waals surface area contributed by atoms with Crippen LogP contribution in [-0.2, 0) is 17.5 Å². The highest BCUT2D eigenvalue weighted by Gasteiger charge is 2.31. The van der Waals surface area contributed by atoms with E-state index >= 15 is 0 Å². The zero-order valence-electron chi connectivity index (χ0n) is 11.3. The molecule has 2 heterocycles. The van der Waals surface area contributed by atoms with Gasteiger partial charge in [-0.3, -0.25) is 0 Å². The van der Waals surface area contributed by atoms with Crippen molar-refractivity contribution in [1.29, 1.82) is 0 Å². The molecule has 2 aromatic heterocycles. The van der Waals surface area contributed by atoms with Gasteiger partial charge < -0.3 is 15.0 Å². The maximum atomic E-state index is 12.7. The Labute approximate surface area is 118 Å². The van der Waals surface area contributed by atoms with Crippen molar-refractivity contribution in [2.75, 3.05) is 13.2 Å². The van der Waals surface area contributed by atoms with Gasteiger partial charge in [0.15, 0.2) is 0 Å². The van der Waals surface area contributed by atoms with Gasteiger partial charge >= 0.3 is 12.1 Å². The Hall–Kier alpha value is -2.09. The number of carbonyl (C=O) groups excluding carboxylic acids is 1. The lowest BCUT2D eigenvalue weighted by Gasteiger charge is -2.09. The molecular weight excluding hydrogens is 287 g/mol. The van der Waals surface area contributed by atoms with Crippen molar-refractivity contribution in [1.82, 2.24) is 9.55 Å². The molecule has 0 aliphatic heterocycles. The highest BCUT2D eigenvalue weighted by molar-refractivity contribution is 5.94. The van der Waals surface area contributed by atoms with Crippen molar-refractivity contribution in [3.63, 3.8) is 0 Å². The van der Waals surface area contributed by atoms with Crippen LogP contribution in [0.2, 0.25) is 0 Å². The molecule has 0 spiro atoms. The van der Waals surface area contributed by atoms with Crippen LogP contribution in [0, 0.1) is 0 Å². The summed E-state index contributed by atoms with van der Waals surface area (Å²) in [6.07, 6.45) is -3.74. The second kappa shape index (κ2) is 5.72. The quantitative estimate of drug-likeness (QED) is 0.879. The van der Waals surface area contributed by atoms with Gasteiger partial charge in [0.05, 0.1) is 12.2 Å². The van der Waals surface area contributed by atoms with E-state index in [-0.39, 0.29) is 36.4 Å². The zero-order chi connectivity index (χ0) is 15.6. The summed E-state index contributed by atoms with van der Waals surface area (Å²) in [6.45, 7) is 2.30. The van der Waals surface area contributed by atoms with Gasteiger partial charge in [-0.1, -0.05) is 0 Å². The summed E-state index contributed by atoms with van der Waals surface area (Å²) < 4.78 is 44.4. The predicted octanol–water partition coefficient (Wildman–Crippen LogP) is 2.19. The highest BCUT2D eigenvalue weighted by Crippen LogP contribution is 2.31. The lowest BCUT2D eigenvalue weighted by molar-refractivity contribution is -0.137. The molecular formula is C13H14F3N3O2. The van der Waals surface area contributed by atoms with Crippen LogP contribution in [0.15, 0.2) is 18.3 Å². The van der Waals surface area contributed by atoms with E-state index in [1.165, 1.54) is 10.6 Å². The average Bonchev–Trinajstić information content (AvgIpc) is 2.77. The first-order valence-electron chi connectivity index (χ1n) is 6.32. The lowest BCUT2D eigenvalue weighted by Crippen LogP contribution is -2.17. The summed E-state index contributed by atoms with van der Waals surface area (Å²) in [5.41, 5.74) is 5.02. The van der Waals surface area contributed by atoms with Crippen LogP contribution in [0.5, 0.6) is 0 Å². The van der Waals surface area contributed by atoms with Crippen molar-refractivity contribution >= 4 is 17.0 Å². The molecule has 2 aromatic rings. The molecule has 2 rings (SSSR count). The monoisotopic (exact) mass is 301 g/mol. The largest absolute Gasteiger partial charge is 0.461 e. The number of hydrogen-bond acceptors (Lipinski definition) is 4. The molecule has 5 nitrogen and oxygen atoms in total. The Balaban J connectivity index is 2.58. The minimum absolute atomic E-state index is 0.143. The predicted molar refractivity (Wildman–Crippen MR) is 69.7 cm³/mol. The fraction of sp³-hybridized carbons (Fsp3) is 0.385. The number of nitrogens with two attached hydrogens (primary N) is 1. The summed E-state index contributed by atoms with van der Waals surface area (Å²) in [7, 11) is 0. The zero-order valence-corrected chi connectivity index (χ0v) is 11.3. The van der Waals surface area contributed by atoms with Crippen molar-refractivity contribution < 1.29 is 22.7 Å². The smallest absolute Gasteiger partial charge is 0.417 e. The van der Waals surface area contributed by atoms with E-state index in [4.69, 9.17) is 10.5 Å².